The summed E-state index contributed by atoms with van der Waals surface area (Å²) in [6.07, 6.45) is 0.828. The molecular weight excluding hydrogens is 342 g/mol. The average Bonchev–Trinajstić information content (AvgIpc) is 2.96. The lowest BCUT2D eigenvalue weighted by molar-refractivity contribution is -0.384. The van der Waals surface area contributed by atoms with Crippen LogP contribution in [0.5, 0.6) is 0 Å². The molecular formula is C16H19N5O5. The molecule has 1 heterocycles. The Hall–Kier alpha value is -3.30. The summed E-state index contributed by atoms with van der Waals surface area (Å²) in [7, 11) is 0. The van der Waals surface area contributed by atoms with Crippen molar-refractivity contribution in [1.29, 1.82) is 0 Å². The van der Waals surface area contributed by atoms with Gasteiger partial charge in [-0.1, -0.05) is 24.6 Å². The maximum atomic E-state index is 12.5. The molecule has 1 unspecified atom stereocenters. The largest absolute Gasteiger partial charge is 0.480 e. The molecule has 2 aromatic rings. The zero-order valence-electron chi connectivity index (χ0n) is 14.6. The third-order valence-electron chi connectivity index (χ3n) is 4.01. The molecule has 1 aromatic carbocycles. The summed E-state index contributed by atoms with van der Waals surface area (Å²) in [6, 6.07) is 5.74. The Balaban J connectivity index is 2.34. The molecule has 0 fully saturated rings. The summed E-state index contributed by atoms with van der Waals surface area (Å²) in [4.78, 5) is 34.3. The van der Waals surface area contributed by atoms with Crippen LogP contribution < -0.4 is 5.32 Å². The Morgan fingerprint density at radius 3 is 2.69 bits per heavy atom. The van der Waals surface area contributed by atoms with E-state index in [0.717, 1.165) is 0 Å². The fourth-order valence-corrected chi connectivity index (χ4v) is 2.56. The van der Waals surface area contributed by atoms with E-state index in [1.807, 2.05) is 6.92 Å². The number of nitro benzene ring substituents is 1. The minimum absolute atomic E-state index is 0.0416. The van der Waals surface area contributed by atoms with Gasteiger partial charge in [0.15, 0.2) is 5.69 Å². The molecule has 0 bridgehead atoms. The van der Waals surface area contributed by atoms with Crippen molar-refractivity contribution in [2.24, 2.45) is 0 Å². The molecule has 0 aliphatic heterocycles. The second kappa shape index (κ2) is 7.30. The van der Waals surface area contributed by atoms with Gasteiger partial charge >= 0.3 is 5.97 Å². The van der Waals surface area contributed by atoms with E-state index in [0.29, 0.717) is 17.8 Å². The number of aliphatic carboxylic acids is 1. The van der Waals surface area contributed by atoms with Crippen LogP contribution in [0.3, 0.4) is 0 Å². The van der Waals surface area contributed by atoms with E-state index in [1.54, 1.807) is 13.0 Å². The molecule has 2 rings (SSSR count). The minimum Gasteiger partial charge on any atom is -0.480 e. The van der Waals surface area contributed by atoms with E-state index in [2.05, 4.69) is 15.6 Å². The summed E-state index contributed by atoms with van der Waals surface area (Å²) >= 11 is 0. The Morgan fingerprint density at radius 1 is 1.42 bits per heavy atom. The van der Waals surface area contributed by atoms with E-state index in [-0.39, 0.29) is 17.8 Å². The number of nitrogens with zero attached hydrogens (tertiary/aromatic N) is 4. The van der Waals surface area contributed by atoms with E-state index >= 15 is 0 Å². The first kappa shape index (κ1) is 19.0. The van der Waals surface area contributed by atoms with Crippen LogP contribution in [0, 0.1) is 17.0 Å². The number of nitrogens with one attached hydrogen (secondary N) is 1. The number of carboxylic acids is 1. The predicted octanol–water partition coefficient (Wildman–Crippen LogP) is 1.86. The van der Waals surface area contributed by atoms with E-state index in [4.69, 9.17) is 0 Å². The molecule has 0 aliphatic carbocycles. The van der Waals surface area contributed by atoms with Crippen molar-refractivity contribution in [2.45, 2.75) is 39.2 Å². The van der Waals surface area contributed by atoms with Gasteiger partial charge in [-0.2, -0.15) is 0 Å². The summed E-state index contributed by atoms with van der Waals surface area (Å²) in [5.74, 6) is -1.81. The first-order valence-corrected chi connectivity index (χ1v) is 7.92. The van der Waals surface area contributed by atoms with Crippen molar-refractivity contribution in [1.82, 2.24) is 20.3 Å². The number of carbonyl (C=O) groups excluding carboxylic acids is 1. The number of non-ortho nitro benzene ring substituents is 1. The van der Waals surface area contributed by atoms with Gasteiger partial charge in [0.05, 0.1) is 16.3 Å². The first-order valence-electron chi connectivity index (χ1n) is 7.92. The maximum absolute atomic E-state index is 12.5. The zero-order valence-corrected chi connectivity index (χ0v) is 14.6. The lowest BCUT2D eigenvalue weighted by atomic mass is 9.96. The second-order valence-corrected chi connectivity index (χ2v) is 6.05. The fraction of sp³-hybridized carbons (Fsp3) is 0.375. The lowest BCUT2D eigenvalue weighted by Crippen LogP contribution is -2.52. The van der Waals surface area contributed by atoms with Gasteiger partial charge in [0.2, 0.25) is 0 Å². The molecule has 2 N–H and O–H groups in total. The predicted molar refractivity (Wildman–Crippen MR) is 91.2 cm³/mol. The highest BCUT2D eigenvalue weighted by molar-refractivity contribution is 5.97. The number of hydrogen-bond acceptors (Lipinski definition) is 6. The van der Waals surface area contributed by atoms with Crippen LogP contribution in [0.15, 0.2) is 24.3 Å². The van der Waals surface area contributed by atoms with Crippen LogP contribution in [0.2, 0.25) is 0 Å². The van der Waals surface area contributed by atoms with Crippen LogP contribution in [0.4, 0.5) is 5.69 Å². The molecule has 10 nitrogen and oxygen atoms in total. The molecule has 0 radical (unpaired) electrons. The minimum atomic E-state index is -1.42. The van der Waals surface area contributed by atoms with Crippen molar-refractivity contribution in [2.75, 3.05) is 0 Å². The number of hydrogen-bond donors (Lipinski definition) is 2. The van der Waals surface area contributed by atoms with Crippen LogP contribution in [0.25, 0.3) is 5.69 Å². The summed E-state index contributed by atoms with van der Waals surface area (Å²) < 4.78 is 1.29. The van der Waals surface area contributed by atoms with Crippen LogP contribution in [-0.4, -0.2) is 42.4 Å². The average molecular weight is 361 g/mol. The van der Waals surface area contributed by atoms with Gasteiger partial charge in [-0.15, -0.1) is 5.10 Å². The molecule has 0 spiro atoms. The van der Waals surface area contributed by atoms with Gasteiger partial charge in [0, 0.05) is 12.1 Å². The highest BCUT2D eigenvalue weighted by Gasteiger charge is 2.35. The number of carboxylic acid groups (broad SMARTS) is 1. The normalized spacial score (nSPS) is 13.0. The Bertz CT molecular complexity index is 862. The third-order valence-corrected chi connectivity index (χ3v) is 4.01. The Labute approximate surface area is 149 Å². The molecule has 138 valence electrons. The number of benzene rings is 1. The topological polar surface area (TPSA) is 140 Å². The zero-order chi connectivity index (χ0) is 19.5. The summed E-state index contributed by atoms with van der Waals surface area (Å²) in [6.45, 7) is 4.82. The van der Waals surface area contributed by atoms with Crippen molar-refractivity contribution in [3.05, 3.63) is 45.8 Å². The molecule has 1 amide bonds. The third kappa shape index (κ3) is 3.68. The van der Waals surface area contributed by atoms with E-state index in [9.17, 15) is 24.8 Å². The van der Waals surface area contributed by atoms with Gasteiger partial charge in [0.25, 0.3) is 11.6 Å². The number of amides is 1. The van der Waals surface area contributed by atoms with Crippen molar-refractivity contribution in [3.8, 4) is 5.69 Å². The van der Waals surface area contributed by atoms with Crippen LogP contribution in [0.1, 0.15) is 42.9 Å². The monoisotopic (exact) mass is 361 g/mol. The Kier molecular flexibility index (Phi) is 5.34. The van der Waals surface area contributed by atoms with Crippen molar-refractivity contribution in [3.63, 3.8) is 0 Å². The first-order chi connectivity index (χ1) is 12.2. The summed E-state index contributed by atoms with van der Waals surface area (Å²) in [5, 5.41) is 30.4. The van der Waals surface area contributed by atoms with Gasteiger partial charge in [0.1, 0.15) is 5.54 Å². The van der Waals surface area contributed by atoms with Crippen LogP contribution in [-0.2, 0) is 4.79 Å². The Morgan fingerprint density at radius 2 is 2.12 bits per heavy atom. The molecule has 26 heavy (non-hydrogen) atoms. The highest BCUT2D eigenvalue weighted by Crippen LogP contribution is 2.19. The number of aromatic nitrogens is 3. The highest BCUT2D eigenvalue weighted by atomic mass is 16.6. The van der Waals surface area contributed by atoms with Gasteiger partial charge in [-0.25, -0.2) is 9.48 Å². The number of nitro groups is 1. The van der Waals surface area contributed by atoms with Gasteiger partial charge in [-0.05, 0) is 26.3 Å². The quantitative estimate of drug-likeness (QED) is 0.566. The maximum Gasteiger partial charge on any atom is 0.329 e. The molecule has 0 aliphatic rings. The van der Waals surface area contributed by atoms with Crippen LogP contribution >= 0.6 is 0 Å². The van der Waals surface area contributed by atoms with E-state index in [1.165, 1.54) is 29.8 Å². The number of rotatable bonds is 7. The molecule has 1 aromatic heterocycles. The van der Waals surface area contributed by atoms with Crippen molar-refractivity contribution < 1.29 is 19.6 Å². The number of carbonyl (C=O) groups is 2. The fourth-order valence-electron chi connectivity index (χ4n) is 2.56. The van der Waals surface area contributed by atoms with E-state index < -0.39 is 22.3 Å². The summed E-state index contributed by atoms with van der Waals surface area (Å²) in [5.41, 5.74) is -0.872. The molecule has 0 saturated carbocycles. The van der Waals surface area contributed by atoms with Gasteiger partial charge in [-0.3, -0.25) is 14.9 Å². The van der Waals surface area contributed by atoms with Gasteiger partial charge < -0.3 is 10.4 Å². The second-order valence-electron chi connectivity index (χ2n) is 6.05. The SMILES string of the molecule is CCCC(C)(NC(=O)c1nnn(-c2cccc([N+](=O)[O-])c2)c1C)C(=O)O. The lowest BCUT2D eigenvalue weighted by Gasteiger charge is -2.25. The van der Waals surface area contributed by atoms with Crippen molar-refractivity contribution >= 4 is 17.6 Å². The molecule has 1 atom stereocenters. The molecule has 0 saturated heterocycles. The molecule has 10 heteroatoms. The smallest absolute Gasteiger partial charge is 0.329 e. The standard InChI is InChI=1S/C16H19N5O5/c1-4-8-16(3,15(23)24)17-14(22)13-10(2)20(19-18-13)11-6-5-7-12(9-11)21(25)26/h5-7,9H,4,8H2,1-3H3,(H,17,22)(H,23,24).